The summed E-state index contributed by atoms with van der Waals surface area (Å²) in [6.07, 6.45) is 0. The van der Waals surface area contributed by atoms with Crippen LogP contribution in [-0.4, -0.2) is 0 Å². The minimum atomic E-state index is -2.30. The van der Waals surface area contributed by atoms with E-state index < -0.39 is 7.26 Å². The van der Waals surface area contributed by atoms with Crippen LogP contribution in [0.1, 0.15) is 0 Å². The van der Waals surface area contributed by atoms with Gasteiger partial charge in [0.2, 0.25) is 0 Å². The molecule has 0 aliphatic carbocycles. The van der Waals surface area contributed by atoms with Crippen LogP contribution in [0.4, 0.5) is 0 Å². The van der Waals surface area contributed by atoms with Crippen molar-refractivity contribution in [2.75, 3.05) is 0 Å². The third kappa shape index (κ3) is 21.7. The van der Waals surface area contributed by atoms with Gasteiger partial charge < -0.3 is 0 Å². The van der Waals surface area contributed by atoms with E-state index >= 15 is 0 Å². The van der Waals surface area contributed by atoms with Gasteiger partial charge in [-0.05, 0) is 0 Å². The van der Waals surface area contributed by atoms with Crippen molar-refractivity contribution in [2.24, 2.45) is 0 Å². The van der Waals surface area contributed by atoms with E-state index in [1.807, 2.05) is 0 Å². The topological polar surface area (TPSA) is 0 Å². The zero-order valence-corrected chi connectivity index (χ0v) is 49.0. The minimum absolute atomic E-state index is 0. The fourth-order valence-corrected chi connectivity index (χ4v) is 8.52. The van der Waals surface area contributed by atoms with Crippen LogP contribution in [0.15, 0.2) is 121 Å². The summed E-state index contributed by atoms with van der Waals surface area (Å²) in [4.78, 5) is 0. The Labute approximate surface area is 306 Å². The van der Waals surface area contributed by atoms with E-state index in [4.69, 9.17) is 0 Å². The Kier molecular flexibility index (Phi) is 96.2. The van der Waals surface area contributed by atoms with Gasteiger partial charge in [0, 0.05) is 0 Å². The summed E-state index contributed by atoms with van der Waals surface area (Å²) in [6, 6.07) is 44.0. The molecule has 0 aliphatic heterocycles. The average Bonchev–Trinajstić information content (AvgIpc) is 2.72. The standard InChI is InChI=1S/C24H21P.16H3P/c1-5-13-21(14-6-1)25(22-15-7-2-8-16-22,23-17-9-3-10-18-23)24-19-11-4-12-20-24;;;;;;;;;;;;;;;;/h1-20,25H;16*1H3. The van der Waals surface area contributed by atoms with Crippen LogP contribution in [0.5, 0.6) is 0 Å². The fourth-order valence-electron chi connectivity index (χ4n) is 3.75. The van der Waals surface area contributed by atoms with Gasteiger partial charge in [0.25, 0.3) is 0 Å². The van der Waals surface area contributed by atoms with Crippen LogP contribution in [-0.2, 0) is 0 Å². The van der Waals surface area contributed by atoms with Gasteiger partial charge in [-0.3, -0.25) is 0 Å². The van der Waals surface area contributed by atoms with E-state index in [1.54, 1.807) is 0 Å². The second-order valence-electron chi connectivity index (χ2n) is 6.21. The zero-order valence-electron chi connectivity index (χ0n) is 25.4. The predicted octanol–water partition coefficient (Wildman–Crippen LogP) is 4.97. The Balaban J connectivity index is -0.0000000445. The molecule has 250 valence electrons. The SMILES string of the molecule is P.P.P.P.P.P.P.P.P.P.P.P.P.P.P.P.c1ccc([PH](c2ccccc2)(c2ccccc2)c2ccccc2)cc1. The summed E-state index contributed by atoms with van der Waals surface area (Å²) in [7, 11) is -2.30. The Morgan fingerprint density at radius 1 is 0.195 bits per heavy atom. The molecular weight excluding hydrogens is 815 g/mol. The molecule has 0 N–H and O–H groups in total. The van der Waals surface area contributed by atoms with Crippen molar-refractivity contribution in [1.29, 1.82) is 0 Å². The van der Waals surface area contributed by atoms with Crippen molar-refractivity contribution in [3.63, 3.8) is 0 Å². The number of hydrogen-bond acceptors (Lipinski definition) is 0. The second-order valence-corrected chi connectivity index (χ2v) is 10.0. The average molecular weight is 884 g/mol. The summed E-state index contributed by atoms with van der Waals surface area (Å²) in [5.41, 5.74) is 0. The molecule has 0 saturated heterocycles. The van der Waals surface area contributed by atoms with Crippen LogP contribution in [0.25, 0.3) is 0 Å². The maximum absolute atomic E-state index is 2.30. The van der Waals surface area contributed by atoms with Crippen molar-refractivity contribution >= 4 is 187 Å². The monoisotopic (exact) mass is 884 g/mol. The van der Waals surface area contributed by atoms with Crippen LogP contribution >= 0.6 is 166 Å². The van der Waals surface area contributed by atoms with E-state index in [0.717, 1.165) is 0 Å². The van der Waals surface area contributed by atoms with Crippen LogP contribution in [0, 0.1) is 0 Å². The van der Waals surface area contributed by atoms with Gasteiger partial charge in [-0.2, -0.15) is 158 Å². The summed E-state index contributed by atoms with van der Waals surface area (Å²) in [5, 5.41) is 5.66. The van der Waals surface area contributed by atoms with Gasteiger partial charge in [-0.15, -0.1) is 0 Å². The maximum atomic E-state index is 2.29. The van der Waals surface area contributed by atoms with Crippen LogP contribution < -0.4 is 21.2 Å². The van der Waals surface area contributed by atoms with Crippen molar-refractivity contribution in [2.45, 2.75) is 0 Å². The van der Waals surface area contributed by atoms with E-state index in [9.17, 15) is 0 Å². The summed E-state index contributed by atoms with van der Waals surface area (Å²) >= 11 is 0. The molecule has 41 heavy (non-hydrogen) atoms. The number of hydrogen-bond donors (Lipinski definition) is 0. The first-order valence-corrected chi connectivity index (χ1v) is 10.6. The first kappa shape index (κ1) is 85.2. The molecule has 17 heteroatoms. The van der Waals surface area contributed by atoms with Crippen LogP contribution in [0.2, 0.25) is 0 Å². The van der Waals surface area contributed by atoms with E-state index in [2.05, 4.69) is 121 Å². The molecule has 0 spiro atoms. The van der Waals surface area contributed by atoms with Crippen molar-refractivity contribution in [3.05, 3.63) is 121 Å². The molecule has 0 nitrogen and oxygen atoms in total. The molecule has 4 aromatic rings. The Bertz CT molecular complexity index is 787. The quantitative estimate of drug-likeness (QED) is 0.255. The third-order valence-electron chi connectivity index (χ3n) is 4.83. The van der Waals surface area contributed by atoms with Crippen molar-refractivity contribution in [1.82, 2.24) is 0 Å². The molecular formula is C24H69P17. The predicted molar refractivity (Wildman–Crippen MR) is 290 cm³/mol. The summed E-state index contributed by atoms with van der Waals surface area (Å²) in [6.45, 7) is 0. The van der Waals surface area contributed by atoms with Gasteiger partial charge in [0.15, 0.2) is 0 Å². The van der Waals surface area contributed by atoms with Gasteiger partial charge in [-0.25, -0.2) is 0 Å². The number of benzene rings is 4. The molecule has 0 radical (unpaired) electrons. The van der Waals surface area contributed by atoms with Gasteiger partial charge in [-0.1, -0.05) is 0 Å². The van der Waals surface area contributed by atoms with Crippen LogP contribution in [0.3, 0.4) is 0 Å². The van der Waals surface area contributed by atoms with Crippen molar-refractivity contribution in [3.8, 4) is 0 Å². The van der Waals surface area contributed by atoms with Gasteiger partial charge in [0.1, 0.15) is 0 Å². The molecule has 16 atom stereocenters. The first-order chi connectivity index (χ1) is 12.4. The molecule has 0 heterocycles. The second kappa shape index (κ2) is 46.3. The van der Waals surface area contributed by atoms with Gasteiger partial charge in [0.05, 0.1) is 0 Å². The summed E-state index contributed by atoms with van der Waals surface area (Å²) < 4.78 is 0. The zero-order chi connectivity index (χ0) is 17.0. The Morgan fingerprint density at radius 2 is 0.317 bits per heavy atom. The fraction of sp³-hybridized carbons (Fsp3) is 0. The molecule has 0 amide bonds. The first-order valence-electron chi connectivity index (χ1n) is 8.64. The Morgan fingerprint density at radius 3 is 0.439 bits per heavy atom. The molecule has 0 saturated carbocycles. The van der Waals surface area contributed by atoms with E-state index in [-0.39, 0.29) is 158 Å². The summed E-state index contributed by atoms with van der Waals surface area (Å²) in [5.74, 6) is 0. The van der Waals surface area contributed by atoms with E-state index in [0.29, 0.717) is 0 Å². The molecule has 0 fully saturated rings. The molecule has 0 aliphatic rings. The normalized spacial score (nSPS) is 7.22. The molecule has 0 aromatic heterocycles. The molecule has 0 bridgehead atoms. The molecule has 16 unspecified atom stereocenters. The van der Waals surface area contributed by atoms with Gasteiger partial charge >= 0.3 is 150 Å². The number of rotatable bonds is 4. The van der Waals surface area contributed by atoms with E-state index in [1.165, 1.54) is 21.2 Å². The molecule has 4 rings (SSSR count). The molecule has 4 aromatic carbocycles. The Hall–Kier alpha value is 4.19. The van der Waals surface area contributed by atoms with Crippen molar-refractivity contribution < 1.29 is 0 Å². The third-order valence-corrected chi connectivity index (χ3v) is 9.62.